The van der Waals surface area contributed by atoms with Crippen molar-refractivity contribution in [3.8, 4) is 11.1 Å². The lowest BCUT2D eigenvalue weighted by atomic mass is 9.94. The Labute approximate surface area is 163 Å². The number of rotatable bonds is 6. The molecule has 1 unspecified atom stereocenters. The molecule has 3 aromatic rings. The van der Waals surface area contributed by atoms with E-state index in [0.29, 0.717) is 11.8 Å². The maximum absolute atomic E-state index is 12.9. The van der Waals surface area contributed by atoms with Gasteiger partial charge >= 0.3 is 5.97 Å². The van der Waals surface area contributed by atoms with Gasteiger partial charge in [0.15, 0.2) is 6.29 Å². The molecule has 0 N–H and O–H groups in total. The lowest BCUT2D eigenvalue weighted by Crippen LogP contribution is -2.41. The van der Waals surface area contributed by atoms with Crippen LogP contribution < -0.4 is 0 Å². The van der Waals surface area contributed by atoms with Gasteiger partial charge in [-0.3, -0.25) is 4.79 Å². The monoisotopic (exact) mass is 372 g/mol. The lowest BCUT2D eigenvalue weighted by molar-refractivity contribution is -0.171. The van der Waals surface area contributed by atoms with Crippen LogP contribution in [-0.4, -0.2) is 26.0 Å². The van der Waals surface area contributed by atoms with Crippen LogP contribution in [0.1, 0.15) is 22.6 Å². The number of fused-ring (bicyclic) bond motifs is 3. The molecule has 0 saturated carbocycles. The number of esters is 1. The highest BCUT2D eigenvalue weighted by molar-refractivity contribution is 5.98. The van der Waals surface area contributed by atoms with Gasteiger partial charge in [-0.15, -0.1) is 0 Å². The largest absolute Gasteiger partial charge is 0.462 e. The Morgan fingerprint density at radius 3 is 1.96 bits per heavy atom. The maximum atomic E-state index is 12.9. The fraction of sp³-hybridized carbons (Fsp3) is 0.167. The minimum Gasteiger partial charge on any atom is -0.462 e. The molecule has 4 rings (SSSR count). The second kappa shape index (κ2) is 7.41. The summed E-state index contributed by atoms with van der Waals surface area (Å²) >= 11 is 0. The molecule has 0 aliphatic heterocycles. The first-order valence-electron chi connectivity index (χ1n) is 9.13. The predicted octanol–water partition coefficient (Wildman–Crippen LogP) is 4.08. The number of ether oxygens (including phenoxy) is 2. The van der Waals surface area contributed by atoms with Gasteiger partial charge in [-0.1, -0.05) is 78.9 Å². The first-order valence-corrected chi connectivity index (χ1v) is 9.13. The third-order valence-electron chi connectivity index (χ3n) is 5.34. The molecule has 0 amide bonds. The van der Waals surface area contributed by atoms with E-state index in [9.17, 15) is 9.59 Å². The van der Waals surface area contributed by atoms with Gasteiger partial charge in [0.1, 0.15) is 6.61 Å². The van der Waals surface area contributed by atoms with Crippen molar-refractivity contribution in [1.29, 1.82) is 0 Å². The molecule has 0 fully saturated rings. The van der Waals surface area contributed by atoms with Crippen molar-refractivity contribution in [2.24, 2.45) is 0 Å². The molecular weight excluding hydrogens is 352 g/mol. The van der Waals surface area contributed by atoms with E-state index in [2.05, 4.69) is 12.1 Å². The fourth-order valence-electron chi connectivity index (χ4n) is 3.87. The Hall–Kier alpha value is -3.24. The summed E-state index contributed by atoms with van der Waals surface area (Å²) < 4.78 is 11.0. The predicted molar refractivity (Wildman–Crippen MR) is 106 cm³/mol. The number of carbonyl (C=O) groups excluding carboxylic acids is 2. The normalized spacial score (nSPS) is 14.6. The van der Waals surface area contributed by atoms with Gasteiger partial charge in [0.2, 0.25) is 5.60 Å². The zero-order valence-electron chi connectivity index (χ0n) is 15.5. The average molecular weight is 372 g/mol. The molecule has 28 heavy (non-hydrogen) atoms. The van der Waals surface area contributed by atoms with Crippen LogP contribution in [-0.2, 0) is 24.7 Å². The minimum absolute atomic E-state index is 0.0756. The highest BCUT2D eigenvalue weighted by Crippen LogP contribution is 2.44. The smallest absolute Gasteiger partial charge is 0.350 e. The third kappa shape index (κ3) is 2.83. The summed E-state index contributed by atoms with van der Waals surface area (Å²) in [5, 5.41) is 0. The molecule has 1 aliphatic carbocycles. The van der Waals surface area contributed by atoms with Crippen molar-refractivity contribution >= 4 is 12.3 Å². The Kier molecular flexibility index (Phi) is 4.80. The zero-order chi connectivity index (χ0) is 19.6. The maximum Gasteiger partial charge on any atom is 0.350 e. The molecule has 0 aromatic heterocycles. The van der Waals surface area contributed by atoms with Crippen LogP contribution in [0.5, 0.6) is 0 Å². The van der Waals surface area contributed by atoms with Gasteiger partial charge in [0.05, 0.1) is 0 Å². The fourth-order valence-corrected chi connectivity index (χ4v) is 3.87. The molecule has 1 aliphatic rings. The van der Waals surface area contributed by atoms with Crippen molar-refractivity contribution in [3.63, 3.8) is 0 Å². The number of methoxy groups -OCH3 is 1. The number of hydrogen-bond donors (Lipinski definition) is 0. The molecule has 0 radical (unpaired) electrons. The van der Waals surface area contributed by atoms with Crippen LogP contribution in [0.15, 0.2) is 78.9 Å². The molecule has 3 aromatic carbocycles. The van der Waals surface area contributed by atoms with E-state index in [-0.39, 0.29) is 12.5 Å². The van der Waals surface area contributed by atoms with Gasteiger partial charge in [-0.2, -0.15) is 0 Å². The van der Waals surface area contributed by atoms with Gasteiger partial charge < -0.3 is 9.47 Å². The molecule has 4 nitrogen and oxygen atoms in total. The topological polar surface area (TPSA) is 52.6 Å². The van der Waals surface area contributed by atoms with E-state index in [4.69, 9.17) is 9.47 Å². The third-order valence-corrected chi connectivity index (χ3v) is 5.34. The van der Waals surface area contributed by atoms with Crippen molar-refractivity contribution in [2.45, 2.75) is 11.5 Å². The number of carbonyl (C=O) groups is 2. The number of aldehydes is 1. The summed E-state index contributed by atoms with van der Waals surface area (Å²) in [5.74, 6) is -0.786. The quantitative estimate of drug-likeness (QED) is 0.372. The van der Waals surface area contributed by atoms with Crippen LogP contribution in [0.3, 0.4) is 0 Å². The van der Waals surface area contributed by atoms with E-state index < -0.39 is 11.6 Å². The zero-order valence-corrected chi connectivity index (χ0v) is 15.5. The van der Waals surface area contributed by atoms with Crippen molar-refractivity contribution < 1.29 is 19.1 Å². The van der Waals surface area contributed by atoms with E-state index in [1.807, 2.05) is 42.5 Å². The van der Waals surface area contributed by atoms with E-state index >= 15 is 0 Å². The van der Waals surface area contributed by atoms with E-state index in [1.165, 1.54) is 7.11 Å². The molecule has 1 atom stereocenters. The Morgan fingerprint density at radius 1 is 0.893 bits per heavy atom. The molecular formula is C24H20O4. The second-order valence-corrected chi connectivity index (χ2v) is 6.75. The van der Waals surface area contributed by atoms with Crippen LogP contribution in [0.4, 0.5) is 0 Å². The summed E-state index contributed by atoms with van der Waals surface area (Å²) in [6, 6.07) is 24.9. The van der Waals surface area contributed by atoms with Crippen LogP contribution in [0.25, 0.3) is 11.1 Å². The summed E-state index contributed by atoms with van der Waals surface area (Å²) in [6.45, 7) is 0.138. The van der Waals surface area contributed by atoms with Crippen LogP contribution in [0.2, 0.25) is 0 Å². The molecule has 0 saturated heterocycles. The highest BCUT2D eigenvalue weighted by atomic mass is 16.6. The van der Waals surface area contributed by atoms with Crippen molar-refractivity contribution in [3.05, 3.63) is 95.6 Å². The van der Waals surface area contributed by atoms with Crippen LogP contribution in [0, 0.1) is 0 Å². The van der Waals surface area contributed by atoms with Crippen molar-refractivity contribution in [1.82, 2.24) is 0 Å². The summed E-state index contributed by atoms with van der Waals surface area (Å²) in [4.78, 5) is 24.8. The molecule has 4 heteroatoms. The minimum atomic E-state index is -1.76. The first kappa shape index (κ1) is 18.1. The molecule has 140 valence electrons. The molecule has 0 bridgehead atoms. The van der Waals surface area contributed by atoms with E-state index in [0.717, 1.165) is 22.3 Å². The molecule has 0 heterocycles. The SMILES string of the molecule is COC(C=O)(C(=O)OCC1c2ccccc2-c2ccccc21)c1ccccc1. The summed E-state index contributed by atoms with van der Waals surface area (Å²) in [5.41, 5.74) is 3.21. The Bertz CT molecular complexity index is 966. The van der Waals surface area contributed by atoms with Gasteiger partial charge in [-0.05, 0) is 22.3 Å². The lowest BCUT2D eigenvalue weighted by Gasteiger charge is -2.25. The second-order valence-electron chi connectivity index (χ2n) is 6.75. The van der Waals surface area contributed by atoms with Gasteiger partial charge in [-0.25, -0.2) is 4.79 Å². The Morgan fingerprint density at radius 2 is 1.43 bits per heavy atom. The van der Waals surface area contributed by atoms with Crippen LogP contribution >= 0.6 is 0 Å². The Balaban J connectivity index is 1.62. The molecule has 0 spiro atoms. The number of benzene rings is 3. The summed E-state index contributed by atoms with van der Waals surface area (Å²) in [7, 11) is 1.34. The van der Waals surface area contributed by atoms with E-state index in [1.54, 1.807) is 24.3 Å². The highest BCUT2D eigenvalue weighted by Gasteiger charge is 2.43. The van der Waals surface area contributed by atoms with Crippen molar-refractivity contribution in [2.75, 3.05) is 13.7 Å². The number of hydrogen-bond acceptors (Lipinski definition) is 4. The summed E-state index contributed by atoms with van der Waals surface area (Å²) in [6.07, 6.45) is 0.501. The van der Waals surface area contributed by atoms with Gasteiger partial charge in [0, 0.05) is 18.6 Å². The van der Waals surface area contributed by atoms with Gasteiger partial charge in [0.25, 0.3) is 0 Å². The average Bonchev–Trinajstić information content (AvgIpc) is 3.08. The first-order chi connectivity index (χ1) is 13.7. The standard InChI is InChI=1S/C24H20O4/c1-27-24(16-25,17-9-3-2-4-10-17)23(26)28-15-22-20-13-7-5-11-18(20)19-12-6-8-14-21(19)22/h2-14,16,22H,15H2,1H3.